The lowest BCUT2D eigenvalue weighted by molar-refractivity contribution is 0.946. The molecule has 0 spiro atoms. The lowest BCUT2D eigenvalue weighted by Gasteiger charge is -1.98. The average Bonchev–Trinajstić information content (AvgIpc) is 2.70. The van der Waals surface area contributed by atoms with Gasteiger partial charge in [0.2, 0.25) is 0 Å². The molecule has 0 aliphatic carbocycles. The predicted molar refractivity (Wildman–Crippen MR) is 63.9 cm³/mol. The Kier molecular flexibility index (Phi) is 3.07. The standard InChI is InChI=1S/C10H9BrClN3/c1-2-9-13-10(15-14-9)6-3-4-7(11)8(12)5-6/h3-5H,2H2,1H3,(H,13,14,15). The largest absolute Gasteiger partial charge is 0.263 e. The topological polar surface area (TPSA) is 41.6 Å². The van der Waals surface area contributed by atoms with Crippen molar-refractivity contribution >= 4 is 27.5 Å². The molecule has 78 valence electrons. The van der Waals surface area contributed by atoms with Crippen molar-refractivity contribution in [2.75, 3.05) is 0 Å². The molecule has 0 saturated heterocycles. The molecule has 2 rings (SSSR count). The maximum Gasteiger partial charge on any atom is 0.181 e. The smallest absolute Gasteiger partial charge is 0.181 e. The molecule has 0 atom stereocenters. The number of rotatable bonds is 2. The first-order chi connectivity index (χ1) is 7.20. The maximum absolute atomic E-state index is 5.99. The summed E-state index contributed by atoms with van der Waals surface area (Å²) in [4.78, 5) is 4.33. The summed E-state index contributed by atoms with van der Waals surface area (Å²) in [6.07, 6.45) is 0.845. The zero-order valence-electron chi connectivity index (χ0n) is 8.09. The van der Waals surface area contributed by atoms with Crippen molar-refractivity contribution in [3.63, 3.8) is 0 Å². The highest BCUT2D eigenvalue weighted by atomic mass is 79.9. The zero-order chi connectivity index (χ0) is 10.8. The van der Waals surface area contributed by atoms with E-state index in [4.69, 9.17) is 11.6 Å². The number of nitrogens with one attached hydrogen (secondary N) is 1. The third-order valence-corrected chi connectivity index (χ3v) is 3.28. The fourth-order valence-corrected chi connectivity index (χ4v) is 1.64. The van der Waals surface area contributed by atoms with Crippen LogP contribution >= 0.6 is 27.5 Å². The van der Waals surface area contributed by atoms with E-state index >= 15 is 0 Å². The molecule has 5 heteroatoms. The van der Waals surface area contributed by atoms with Gasteiger partial charge in [0.1, 0.15) is 5.82 Å². The van der Waals surface area contributed by atoms with E-state index in [2.05, 4.69) is 31.1 Å². The molecular weight excluding hydrogens is 277 g/mol. The molecule has 15 heavy (non-hydrogen) atoms. The van der Waals surface area contributed by atoms with Gasteiger partial charge >= 0.3 is 0 Å². The molecule has 0 radical (unpaired) electrons. The summed E-state index contributed by atoms with van der Waals surface area (Å²) in [6.45, 7) is 2.03. The third-order valence-electron chi connectivity index (χ3n) is 2.04. The quantitative estimate of drug-likeness (QED) is 0.918. The second kappa shape index (κ2) is 4.33. The maximum atomic E-state index is 5.99. The normalized spacial score (nSPS) is 10.6. The van der Waals surface area contributed by atoms with Crippen molar-refractivity contribution in [3.05, 3.63) is 33.5 Å². The molecule has 3 nitrogen and oxygen atoms in total. The van der Waals surface area contributed by atoms with Gasteiger partial charge in [-0.2, -0.15) is 5.10 Å². The van der Waals surface area contributed by atoms with Crippen LogP contribution < -0.4 is 0 Å². The van der Waals surface area contributed by atoms with Gasteiger partial charge in [0.15, 0.2) is 5.82 Å². The second-order valence-corrected chi connectivity index (χ2v) is 4.35. The van der Waals surface area contributed by atoms with E-state index in [1.165, 1.54) is 0 Å². The second-order valence-electron chi connectivity index (χ2n) is 3.09. The summed E-state index contributed by atoms with van der Waals surface area (Å²) in [6, 6.07) is 5.66. The number of benzene rings is 1. The van der Waals surface area contributed by atoms with Gasteiger partial charge < -0.3 is 0 Å². The summed E-state index contributed by atoms with van der Waals surface area (Å²) in [5.41, 5.74) is 0.916. The van der Waals surface area contributed by atoms with Crippen LogP contribution in [0, 0.1) is 0 Å². The Hall–Kier alpha value is -0.870. The van der Waals surface area contributed by atoms with Crippen molar-refractivity contribution in [1.82, 2.24) is 15.2 Å². The number of H-pyrrole nitrogens is 1. The van der Waals surface area contributed by atoms with Gasteiger partial charge in [0.25, 0.3) is 0 Å². The van der Waals surface area contributed by atoms with Crippen LogP contribution in [0.15, 0.2) is 22.7 Å². The lowest BCUT2D eigenvalue weighted by atomic mass is 10.2. The molecule has 1 heterocycles. The van der Waals surface area contributed by atoms with Crippen LogP contribution in [0.2, 0.25) is 5.02 Å². The molecule has 0 fully saturated rings. The van der Waals surface area contributed by atoms with E-state index in [0.717, 1.165) is 22.3 Å². The molecule has 1 aromatic carbocycles. The average molecular weight is 287 g/mol. The minimum Gasteiger partial charge on any atom is -0.263 e. The van der Waals surface area contributed by atoms with Crippen LogP contribution in [0.25, 0.3) is 11.4 Å². The van der Waals surface area contributed by atoms with Gasteiger partial charge in [-0.3, -0.25) is 5.10 Å². The van der Waals surface area contributed by atoms with Crippen LogP contribution in [0.1, 0.15) is 12.7 Å². The molecular formula is C10H9BrClN3. The third kappa shape index (κ3) is 2.21. The van der Waals surface area contributed by atoms with Gasteiger partial charge in [0, 0.05) is 16.5 Å². The Balaban J connectivity index is 2.40. The lowest BCUT2D eigenvalue weighted by Crippen LogP contribution is -1.82. The minimum absolute atomic E-state index is 0.662. The minimum atomic E-state index is 0.662. The Morgan fingerprint density at radius 3 is 2.87 bits per heavy atom. The number of nitrogens with zero attached hydrogens (tertiary/aromatic N) is 2. The van der Waals surface area contributed by atoms with Crippen LogP contribution in [-0.2, 0) is 6.42 Å². The van der Waals surface area contributed by atoms with Gasteiger partial charge in [-0.05, 0) is 34.1 Å². The monoisotopic (exact) mass is 285 g/mol. The highest BCUT2D eigenvalue weighted by molar-refractivity contribution is 9.10. The first-order valence-corrected chi connectivity index (χ1v) is 5.74. The van der Waals surface area contributed by atoms with Gasteiger partial charge in [-0.1, -0.05) is 18.5 Å². The summed E-state index contributed by atoms with van der Waals surface area (Å²) in [5.74, 6) is 1.56. The summed E-state index contributed by atoms with van der Waals surface area (Å²) >= 11 is 9.33. The number of hydrogen-bond acceptors (Lipinski definition) is 2. The molecule has 0 aliphatic heterocycles. The highest BCUT2D eigenvalue weighted by Gasteiger charge is 2.06. The van der Waals surface area contributed by atoms with E-state index in [0.29, 0.717) is 10.8 Å². The fraction of sp³-hybridized carbons (Fsp3) is 0.200. The molecule has 0 saturated carbocycles. The molecule has 1 aromatic heterocycles. The highest BCUT2D eigenvalue weighted by Crippen LogP contribution is 2.27. The fourth-order valence-electron chi connectivity index (χ4n) is 1.22. The molecule has 0 bridgehead atoms. The van der Waals surface area contributed by atoms with Crippen molar-refractivity contribution in [3.8, 4) is 11.4 Å². The number of halogens is 2. The number of aryl methyl sites for hydroxylation is 1. The van der Waals surface area contributed by atoms with Crippen LogP contribution in [0.4, 0.5) is 0 Å². The van der Waals surface area contributed by atoms with Gasteiger partial charge in [-0.15, -0.1) is 0 Å². The zero-order valence-corrected chi connectivity index (χ0v) is 10.4. The van der Waals surface area contributed by atoms with E-state index in [9.17, 15) is 0 Å². The van der Waals surface area contributed by atoms with E-state index in [1.807, 2.05) is 25.1 Å². The Morgan fingerprint density at radius 2 is 2.27 bits per heavy atom. The molecule has 0 amide bonds. The molecule has 1 N–H and O–H groups in total. The number of aromatic amines is 1. The summed E-state index contributed by atoms with van der Waals surface area (Å²) in [7, 11) is 0. The molecule has 2 aromatic rings. The molecule has 0 unspecified atom stereocenters. The molecule has 0 aliphatic rings. The summed E-state index contributed by atoms with van der Waals surface area (Å²) in [5, 5.41) is 7.65. The van der Waals surface area contributed by atoms with E-state index < -0.39 is 0 Å². The van der Waals surface area contributed by atoms with Crippen molar-refractivity contribution in [1.29, 1.82) is 0 Å². The Morgan fingerprint density at radius 1 is 1.47 bits per heavy atom. The first-order valence-electron chi connectivity index (χ1n) is 4.57. The van der Waals surface area contributed by atoms with Crippen LogP contribution in [-0.4, -0.2) is 15.2 Å². The number of hydrogen-bond donors (Lipinski definition) is 1. The summed E-state index contributed by atoms with van der Waals surface area (Å²) < 4.78 is 0.874. The van der Waals surface area contributed by atoms with E-state index in [-0.39, 0.29) is 0 Å². The number of aromatic nitrogens is 3. The van der Waals surface area contributed by atoms with Gasteiger partial charge in [0.05, 0.1) is 5.02 Å². The van der Waals surface area contributed by atoms with Crippen molar-refractivity contribution in [2.24, 2.45) is 0 Å². The Labute approximate surface area is 101 Å². The van der Waals surface area contributed by atoms with Gasteiger partial charge in [-0.25, -0.2) is 4.98 Å². The first kappa shape index (κ1) is 10.6. The predicted octanol–water partition coefficient (Wildman–Crippen LogP) is 3.45. The van der Waals surface area contributed by atoms with Crippen LogP contribution in [0.3, 0.4) is 0 Å². The van der Waals surface area contributed by atoms with E-state index in [1.54, 1.807) is 0 Å². The van der Waals surface area contributed by atoms with Crippen LogP contribution in [0.5, 0.6) is 0 Å². The van der Waals surface area contributed by atoms with Crippen molar-refractivity contribution in [2.45, 2.75) is 13.3 Å². The Bertz CT molecular complexity index is 481. The SMILES string of the molecule is CCc1nc(-c2ccc(Br)c(Cl)c2)n[nH]1. The van der Waals surface area contributed by atoms with Crippen molar-refractivity contribution < 1.29 is 0 Å².